The molecule has 2 aliphatic rings. The Morgan fingerprint density at radius 1 is 1.18 bits per heavy atom. The van der Waals surface area contributed by atoms with Gasteiger partial charge in [-0.3, -0.25) is 14.9 Å². The monoisotopic (exact) mass is 479 g/mol. The molecule has 1 aliphatic heterocycles. The van der Waals surface area contributed by atoms with Crippen LogP contribution >= 0.6 is 11.3 Å². The maximum Gasteiger partial charge on any atom is 0.270 e. The number of anilines is 1. The van der Waals surface area contributed by atoms with Crippen LogP contribution in [0.3, 0.4) is 0 Å². The highest BCUT2D eigenvalue weighted by atomic mass is 32.1. The highest BCUT2D eigenvalue weighted by Crippen LogP contribution is 2.40. The minimum absolute atomic E-state index is 0.0623. The van der Waals surface area contributed by atoms with Gasteiger partial charge in [0.2, 0.25) is 0 Å². The van der Waals surface area contributed by atoms with Crippen LogP contribution in [0.4, 0.5) is 11.5 Å². The molecule has 5 rings (SSSR count). The van der Waals surface area contributed by atoms with Crippen LogP contribution in [0.15, 0.2) is 24.3 Å². The summed E-state index contributed by atoms with van der Waals surface area (Å²) in [6.07, 6.45) is 5.64. The van der Waals surface area contributed by atoms with Gasteiger partial charge in [0.1, 0.15) is 16.5 Å². The van der Waals surface area contributed by atoms with Crippen LogP contribution in [0.2, 0.25) is 0 Å². The quantitative estimate of drug-likeness (QED) is 0.380. The van der Waals surface area contributed by atoms with Crippen molar-refractivity contribution in [1.82, 2.24) is 14.9 Å². The van der Waals surface area contributed by atoms with E-state index in [0.717, 1.165) is 35.7 Å². The number of nitrogens with zero attached hydrogens (tertiary/aromatic N) is 5. The van der Waals surface area contributed by atoms with E-state index < -0.39 is 4.92 Å². The lowest BCUT2D eigenvalue weighted by Gasteiger charge is -2.36. The molecule has 8 nitrogen and oxygen atoms in total. The molecular formula is C25H29N5O3S. The fourth-order valence-electron chi connectivity index (χ4n) is 4.84. The summed E-state index contributed by atoms with van der Waals surface area (Å²) in [6.45, 7) is 6.80. The van der Waals surface area contributed by atoms with Crippen molar-refractivity contribution < 1.29 is 9.72 Å². The van der Waals surface area contributed by atoms with Crippen LogP contribution < -0.4 is 4.90 Å². The zero-order chi connectivity index (χ0) is 23.8. The maximum atomic E-state index is 13.0. The van der Waals surface area contributed by atoms with Gasteiger partial charge in [0.25, 0.3) is 11.6 Å². The molecule has 0 radical (unpaired) electrons. The number of hydrogen-bond acceptors (Lipinski definition) is 7. The molecule has 1 saturated heterocycles. The number of thiophene rings is 1. The topological polar surface area (TPSA) is 92.5 Å². The second kappa shape index (κ2) is 9.29. The predicted molar refractivity (Wildman–Crippen MR) is 134 cm³/mol. The van der Waals surface area contributed by atoms with E-state index in [1.165, 1.54) is 40.8 Å². The lowest BCUT2D eigenvalue weighted by Crippen LogP contribution is -2.49. The van der Waals surface area contributed by atoms with Gasteiger partial charge in [-0.2, -0.15) is 0 Å². The van der Waals surface area contributed by atoms with Crippen molar-refractivity contribution in [2.24, 2.45) is 0 Å². The Morgan fingerprint density at radius 2 is 1.94 bits per heavy atom. The summed E-state index contributed by atoms with van der Waals surface area (Å²) < 4.78 is 0. The van der Waals surface area contributed by atoms with E-state index in [-0.39, 0.29) is 11.6 Å². The number of rotatable bonds is 5. The summed E-state index contributed by atoms with van der Waals surface area (Å²) in [7, 11) is 0. The summed E-state index contributed by atoms with van der Waals surface area (Å²) in [5.41, 5.74) is 1.72. The summed E-state index contributed by atoms with van der Waals surface area (Å²) in [5.74, 6) is 2.05. The number of carbonyl (C=O) groups excluding carboxylic acids is 1. The number of nitro benzene ring substituents is 1. The second-order valence-electron chi connectivity index (χ2n) is 9.19. The third-order valence-electron chi connectivity index (χ3n) is 7.04. The van der Waals surface area contributed by atoms with Gasteiger partial charge in [-0.25, -0.2) is 9.97 Å². The van der Waals surface area contributed by atoms with Gasteiger partial charge in [-0.1, -0.05) is 19.9 Å². The Hall–Kier alpha value is -3.07. The number of aryl methyl sites for hydroxylation is 2. The zero-order valence-electron chi connectivity index (χ0n) is 19.6. The number of non-ortho nitro benzene ring substituents is 1. The summed E-state index contributed by atoms with van der Waals surface area (Å²) >= 11 is 1.83. The molecule has 1 atom stereocenters. The minimum Gasteiger partial charge on any atom is -0.352 e. The first kappa shape index (κ1) is 22.7. The predicted octanol–water partition coefficient (Wildman–Crippen LogP) is 4.95. The first-order chi connectivity index (χ1) is 16.5. The van der Waals surface area contributed by atoms with E-state index in [1.807, 2.05) is 11.3 Å². The molecule has 0 bridgehead atoms. The lowest BCUT2D eigenvalue weighted by molar-refractivity contribution is -0.384. The largest absolute Gasteiger partial charge is 0.352 e. The number of amides is 1. The highest BCUT2D eigenvalue weighted by molar-refractivity contribution is 7.19. The van der Waals surface area contributed by atoms with Gasteiger partial charge >= 0.3 is 0 Å². The number of hydrogen-bond donors (Lipinski definition) is 0. The molecule has 34 heavy (non-hydrogen) atoms. The van der Waals surface area contributed by atoms with E-state index in [1.54, 1.807) is 17.0 Å². The number of nitro groups is 1. The van der Waals surface area contributed by atoms with Crippen LogP contribution in [0.25, 0.3) is 10.2 Å². The van der Waals surface area contributed by atoms with Crippen molar-refractivity contribution >= 4 is 39.0 Å². The molecular weight excluding hydrogens is 450 g/mol. The van der Waals surface area contributed by atoms with E-state index in [0.29, 0.717) is 37.7 Å². The van der Waals surface area contributed by atoms with Gasteiger partial charge in [0, 0.05) is 54.7 Å². The maximum absolute atomic E-state index is 13.0. The average Bonchev–Trinajstić information content (AvgIpc) is 3.26. The van der Waals surface area contributed by atoms with E-state index >= 15 is 0 Å². The van der Waals surface area contributed by atoms with Gasteiger partial charge < -0.3 is 9.80 Å². The standard InChI is InChI=1S/C25H29N5O3S/c1-3-16(2)22-26-23(21-19-9-4-5-10-20(19)34-24(21)27-22)28-11-13-29(14-12-28)25(31)17-7-6-8-18(15-17)30(32)33/h6-8,15-16H,3-5,9-14H2,1-2H3. The van der Waals surface area contributed by atoms with Crippen LogP contribution in [0, 0.1) is 10.1 Å². The number of piperazine rings is 1. The molecule has 1 aliphatic carbocycles. The Kier molecular flexibility index (Phi) is 6.20. The second-order valence-corrected chi connectivity index (χ2v) is 10.3. The zero-order valence-corrected chi connectivity index (χ0v) is 20.4. The Balaban J connectivity index is 1.42. The number of carbonyl (C=O) groups is 1. The fourth-order valence-corrected chi connectivity index (χ4v) is 6.11. The third kappa shape index (κ3) is 4.13. The van der Waals surface area contributed by atoms with E-state index in [9.17, 15) is 14.9 Å². The normalized spacial score (nSPS) is 17.0. The van der Waals surface area contributed by atoms with E-state index in [4.69, 9.17) is 9.97 Å². The molecule has 3 heterocycles. The summed E-state index contributed by atoms with van der Waals surface area (Å²) in [5, 5.41) is 12.3. The first-order valence-electron chi connectivity index (χ1n) is 12.1. The van der Waals surface area contributed by atoms with Crippen LogP contribution in [0.1, 0.15) is 65.7 Å². The van der Waals surface area contributed by atoms with Gasteiger partial charge in [-0.05, 0) is 43.7 Å². The lowest BCUT2D eigenvalue weighted by atomic mass is 9.96. The van der Waals surface area contributed by atoms with Crippen molar-refractivity contribution in [1.29, 1.82) is 0 Å². The van der Waals surface area contributed by atoms with Crippen molar-refractivity contribution in [3.8, 4) is 0 Å². The van der Waals surface area contributed by atoms with Crippen LogP contribution in [-0.2, 0) is 12.8 Å². The molecule has 0 N–H and O–H groups in total. The molecule has 3 aromatic rings. The van der Waals surface area contributed by atoms with Gasteiger partial charge in [0.15, 0.2) is 0 Å². The first-order valence-corrected chi connectivity index (χ1v) is 12.9. The minimum atomic E-state index is -0.467. The Morgan fingerprint density at radius 3 is 2.68 bits per heavy atom. The number of aromatic nitrogens is 2. The van der Waals surface area contributed by atoms with Crippen molar-refractivity contribution in [3.05, 3.63) is 56.2 Å². The molecule has 1 amide bonds. The number of fused-ring (bicyclic) bond motifs is 3. The summed E-state index contributed by atoms with van der Waals surface area (Å²) in [4.78, 5) is 40.3. The van der Waals surface area contributed by atoms with Gasteiger partial charge in [0.05, 0.1) is 10.3 Å². The Labute approximate surface area is 202 Å². The third-order valence-corrected chi connectivity index (χ3v) is 8.22. The molecule has 0 saturated carbocycles. The Bertz CT molecular complexity index is 1250. The van der Waals surface area contributed by atoms with Gasteiger partial charge in [-0.15, -0.1) is 11.3 Å². The molecule has 1 fully saturated rings. The molecule has 9 heteroatoms. The molecule has 0 spiro atoms. The fraction of sp³-hybridized carbons (Fsp3) is 0.480. The SMILES string of the molecule is CCC(C)c1nc(N2CCN(C(=O)c3cccc([N+](=O)[O-])c3)CC2)c2c3c(sc2n1)CCCC3. The number of benzene rings is 1. The molecule has 178 valence electrons. The highest BCUT2D eigenvalue weighted by Gasteiger charge is 2.28. The molecule has 1 unspecified atom stereocenters. The molecule has 1 aromatic carbocycles. The molecule has 2 aromatic heterocycles. The van der Waals surface area contributed by atoms with Crippen molar-refractivity contribution in [2.75, 3.05) is 31.1 Å². The van der Waals surface area contributed by atoms with Crippen LogP contribution in [0.5, 0.6) is 0 Å². The van der Waals surface area contributed by atoms with E-state index in [2.05, 4.69) is 18.7 Å². The van der Waals surface area contributed by atoms with Crippen molar-refractivity contribution in [3.63, 3.8) is 0 Å². The average molecular weight is 480 g/mol. The van der Waals surface area contributed by atoms with Crippen LogP contribution in [-0.4, -0.2) is 51.9 Å². The summed E-state index contributed by atoms with van der Waals surface area (Å²) in [6, 6.07) is 5.98. The smallest absolute Gasteiger partial charge is 0.270 e. The van der Waals surface area contributed by atoms with Crippen molar-refractivity contribution in [2.45, 2.75) is 51.9 Å².